The smallest absolute Gasteiger partial charge is 0.246 e. The normalized spacial score (nSPS) is 30.4. The Labute approximate surface area is 180 Å². The van der Waals surface area contributed by atoms with Crippen molar-refractivity contribution in [1.29, 1.82) is 0 Å². The molecule has 2 fully saturated rings. The second-order valence-electron chi connectivity index (χ2n) is 7.91. The van der Waals surface area contributed by atoms with Crippen LogP contribution in [0.15, 0.2) is 36.4 Å². The number of fused-ring (bicyclic) bond motifs is 1. The van der Waals surface area contributed by atoms with Crippen LogP contribution < -0.4 is 15.4 Å². The van der Waals surface area contributed by atoms with Crippen LogP contribution in [0, 0.1) is 11.8 Å². The summed E-state index contributed by atoms with van der Waals surface area (Å²) in [4.78, 5) is 40.7. The van der Waals surface area contributed by atoms with Crippen LogP contribution in [0.1, 0.15) is 5.56 Å². The third-order valence-electron chi connectivity index (χ3n) is 6.33. The lowest BCUT2D eigenvalue weighted by molar-refractivity contribution is -0.142. The highest BCUT2D eigenvalue weighted by atomic mass is 16.5. The third-order valence-corrected chi connectivity index (χ3v) is 6.33. The second kappa shape index (κ2) is 8.32. The van der Waals surface area contributed by atoms with Gasteiger partial charge in [0.25, 0.3) is 0 Å². The highest BCUT2D eigenvalue weighted by molar-refractivity contribution is 5.99. The van der Waals surface area contributed by atoms with Crippen molar-refractivity contribution in [2.75, 3.05) is 34.4 Å². The zero-order valence-electron chi connectivity index (χ0n) is 17.8. The fourth-order valence-corrected chi connectivity index (χ4v) is 4.89. The molecule has 0 radical (unpaired) electrons. The number of hydrogen-bond donors (Lipinski definition) is 2. The first kappa shape index (κ1) is 21.3. The van der Waals surface area contributed by atoms with Crippen molar-refractivity contribution in [1.82, 2.24) is 15.5 Å². The van der Waals surface area contributed by atoms with Gasteiger partial charge in [0, 0.05) is 27.2 Å². The molecule has 2 saturated heterocycles. The van der Waals surface area contributed by atoms with E-state index in [1.807, 2.05) is 24.3 Å². The van der Waals surface area contributed by atoms with Gasteiger partial charge in [-0.1, -0.05) is 24.3 Å². The van der Waals surface area contributed by atoms with E-state index in [9.17, 15) is 14.4 Å². The van der Waals surface area contributed by atoms with Gasteiger partial charge < -0.3 is 29.7 Å². The van der Waals surface area contributed by atoms with Crippen LogP contribution >= 0.6 is 0 Å². The Morgan fingerprint density at radius 3 is 2.58 bits per heavy atom. The van der Waals surface area contributed by atoms with Crippen molar-refractivity contribution < 1.29 is 28.6 Å². The zero-order valence-corrected chi connectivity index (χ0v) is 17.8. The van der Waals surface area contributed by atoms with Gasteiger partial charge in [-0.05, 0) is 17.7 Å². The quantitative estimate of drug-likeness (QED) is 0.557. The molecule has 3 amide bonds. The van der Waals surface area contributed by atoms with E-state index in [4.69, 9.17) is 14.2 Å². The van der Waals surface area contributed by atoms with Crippen molar-refractivity contribution in [3.63, 3.8) is 0 Å². The number of nitrogens with zero attached hydrogens (tertiary/aromatic N) is 1. The number of rotatable bonds is 8. The Morgan fingerprint density at radius 2 is 1.94 bits per heavy atom. The molecule has 4 rings (SSSR count). The van der Waals surface area contributed by atoms with Crippen molar-refractivity contribution in [2.24, 2.45) is 11.8 Å². The van der Waals surface area contributed by atoms with Crippen molar-refractivity contribution in [3.8, 4) is 5.75 Å². The summed E-state index contributed by atoms with van der Waals surface area (Å²) in [6.07, 6.45) is 3.05. The summed E-state index contributed by atoms with van der Waals surface area (Å²) in [6.45, 7) is 0.795. The number of likely N-dealkylation sites (tertiary alicyclic amines) is 1. The summed E-state index contributed by atoms with van der Waals surface area (Å²) in [7, 11) is 4.66. The van der Waals surface area contributed by atoms with Gasteiger partial charge in [-0.3, -0.25) is 14.4 Å². The Balaban J connectivity index is 1.59. The lowest BCUT2D eigenvalue weighted by Gasteiger charge is -2.32. The van der Waals surface area contributed by atoms with Gasteiger partial charge in [0.2, 0.25) is 17.7 Å². The summed E-state index contributed by atoms with van der Waals surface area (Å²) >= 11 is 0. The zero-order chi connectivity index (χ0) is 22.2. The molecule has 2 bridgehead atoms. The first-order valence-electron chi connectivity index (χ1n) is 10.3. The third kappa shape index (κ3) is 3.37. The van der Waals surface area contributed by atoms with E-state index in [1.165, 1.54) is 19.1 Å². The van der Waals surface area contributed by atoms with Gasteiger partial charge >= 0.3 is 0 Å². The molecular formula is C22H27N3O6. The highest BCUT2D eigenvalue weighted by Crippen LogP contribution is 2.54. The number of benzene rings is 1. The molecule has 9 nitrogen and oxygen atoms in total. The van der Waals surface area contributed by atoms with E-state index in [2.05, 4.69) is 10.6 Å². The summed E-state index contributed by atoms with van der Waals surface area (Å²) in [5.41, 5.74) is -0.261. The molecule has 2 N–H and O–H groups in total. The van der Waals surface area contributed by atoms with E-state index in [0.717, 1.165) is 11.3 Å². The van der Waals surface area contributed by atoms with E-state index in [1.54, 1.807) is 19.3 Å². The maximum Gasteiger partial charge on any atom is 0.246 e. The lowest BCUT2D eigenvalue weighted by Crippen LogP contribution is -2.55. The molecule has 1 spiro atoms. The Hall–Kier alpha value is -2.91. The molecule has 1 aromatic rings. The van der Waals surface area contributed by atoms with Crippen molar-refractivity contribution in [3.05, 3.63) is 42.0 Å². The van der Waals surface area contributed by atoms with Gasteiger partial charge in [0.05, 0.1) is 31.7 Å². The fourth-order valence-electron chi connectivity index (χ4n) is 4.89. The topological polar surface area (TPSA) is 106 Å². The molecule has 31 heavy (non-hydrogen) atoms. The standard InChI is InChI=1S/C22H27N3O6/c1-23-19(26)16-15-8-9-22(31-15)17(16)21(28)25(10-11-29-2)18(22)20(27)24-12-13-4-6-14(30-3)7-5-13/h4-9,15-18H,10-12H2,1-3H3,(H,23,26)(H,24,27)/t15-,16-,17+,18-,22+/m1/s1. The maximum atomic E-state index is 13.4. The van der Waals surface area contributed by atoms with Crippen molar-refractivity contribution >= 4 is 17.7 Å². The summed E-state index contributed by atoms with van der Waals surface area (Å²) in [6, 6.07) is 6.48. The minimum atomic E-state index is -1.16. The number of methoxy groups -OCH3 is 2. The lowest BCUT2D eigenvalue weighted by atomic mass is 9.74. The van der Waals surface area contributed by atoms with E-state index < -0.39 is 29.6 Å². The van der Waals surface area contributed by atoms with E-state index in [0.29, 0.717) is 6.54 Å². The van der Waals surface area contributed by atoms with Crippen LogP contribution in [0.25, 0.3) is 0 Å². The van der Waals surface area contributed by atoms with Gasteiger partial charge in [-0.2, -0.15) is 0 Å². The fraction of sp³-hybridized carbons (Fsp3) is 0.500. The predicted octanol–water partition coefficient (Wildman–Crippen LogP) is -0.146. The molecule has 0 saturated carbocycles. The van der Waals surface area contributed by atoms with Crippen LogP contribution in [0.2, 0.25) is 0 Å². The molecule has 0 aromatic heterocycles. The summed E-state index contributed by atoms with van der Waals surface area (Å²) < 4.78 is 16.5. The van der Waals surface area contributed by atoms with Crippen LogP contribution in [0.3, 0.4) is 0 Å². The Kier molecular flexibility index (Phi) is 5.72. The SMILES string of the molecule is CNC(=O)[C@H]1[C@H]2C(=O)N(CCOC)[C@H](C(=O)NCc3ccc(OC)cc3)[C@]23C=C[C@H]1O3. The number of hydrogen-bond acceptors (Lipinski definition) is 6. The minimum absolute atomic E-state index is 0.233. The summed E-state index contributed by atoms with van der Waals surface area (Å²) in [5.74, 6) is -1.53. The number of carbonyl (C=O) groups is 3. The molecule has 166 valence electrons. The average molecular weight is 429 g/mol. The van der Waals surface area contributed by atoms with Gasteiger partial charge in [-0.15, -0.1) is 0 Å². The van der Waals surface area contributed by atoms with Crippen LogP contribution in [-0.4, -0.2) is 74.8 Å². The van der Waals surface area contributed by atoms with Crippen molar-refractivity contribution in [2.45, 2.75) is 24.3 Å². The van der Waals surface area contributed by atoms with E-state index in [-0.39, 0.29) is 30.9 Å². The molecular weight excluding hydrogens is 402 g/mol. The molecule has 5 atom stereocenters. The first-order valence-corrected chi connectivity index (χ1v) is 10.3. The van der Waals surface area contributed by atoms with E-state index >= 15 is 0 Å². The number of nitrogens with one attached hydrogen (secondary N) is 2. The predicted molar refractivity (Wildman–Crippen MR) is 110 cm³/mol. The monoisotopic (exact) mass is 429 g/mol. The Bertz CT molecular complexity index is 901. The molecule has 3 aliphatic rings. The average Bonchev–Trinajstić information content (AvgIpc) is 3.43. The number of ether oxygens (including phenoxy) is 3. The molecule has 1 aromatic carbocycles. The van der Waals surface area contributed by atoms with Crippen LogP contribution in [-0.2, 0) is 30.4 Å². The maximum absolute atomic E-state index is 13.4. The first-order chi connectivity index (χ1) is 15.0. The van der Waals surface area contributed by atoms with Gasteiger partial charge in [0.1, 0.15) is 17.4 Å². The van der Waals surface area contributed by atoms with Crippen LogP contribution in [0.4, 0.5) is 0 Å². The Morgan fingerprint density at radius 1 is 1.19 bits per heavy atom. The molecule has 3 aliphatic heterocycles. The molecule has 3 heterocycles. The largest absolute Gasteiger partial charge is 0.497 e. The summed E-state index contributed by atoms with van der Waals surface area (Å²) in [5, 5.41) is 5.55. The molecule has 0 unspecified atom stereocenters. The number of amides is 3. The van der Waals surface area contributed by atoms with Crippen LogP contribution in [0.5, 0.6) is 5.75 Å². The second-order valence-corrected chi connectivity index (χ2v) is 7.91. The molecule has 0 aliphatic carbocycles. The van der Waals surface area contributed by atoms with Gasteiger partial charge in [0.15, 0.2) is 0 Å². The van der Waals surface area contributed by atoms with Gasteiger partial charge in [-0.25, -0.2) is 0 Å². The molecule has 9 heteroatoms. The number of carbonyl (C=O) groups excluding carboxylic acids is 3. The highest BCUT2D eigenvalue weighted by Gasteiger charge is 2.72. The minimum Gasteiger partial charge on any atom is -0.497 e.